The number of anilines is 1. The van der Waals surface area contributed by atoms with Gasteiger partial charge >= 0.3 is 0 Å². The van der Waals surface area contributed by atoms with Gasteiger partial charge in [-0.15, -0.1) is 0 Å². The standard InChI is InChI=1S/C13H14ClN3O3/c1-9(4-5-11-3-2-6-20-11)15-13-8-10(17(18)19)7-12(14)16-13/h2-3,6-9H,4-5H2,1H3,(H,15,16). The number of pyridine rings is 1. The summed E-state index contributed by atoms with van der Waals surface area (Å²) in [6.07, 6.45) is 3.23. The number of furan rings is 1. The molecule has 0 spiro atoms. The second kappa shape index (κ2) is 6.38. The molecular weight excluding hydrogens is 282 g/mol. The van der Waals surface area contributed by atoms with E-state index < -0.39 is 4.92 Å². The molecule has 0 bridgehead atoms. The SMILES string of the molecule is CC(CCc1ccco1)Nc1cc([N+](=O)[O-])cc(Cl)n1. The smallest absolute Gasteiger partial charge is 0.276 e. The van der Waals surface area contributed by atoms with Crippen molar-refractivity contribution in [1.82, 2.24) is 4.98 Å². The number of aromatic nitrogens is 1. The normalized spacial score (nSPS) is 12.1. The van der Waals surface area contributed by atoms with Gasteiger partial charge in [-0.05, 0) is 25.5 Å². The Morgan fingerprint density at radius 3 is 3.00 bits per heavy atom. The van der Waals surface area contributed by atoms with E-state index in [9.17, 15) is 10.1 Å². The molecule has 0 aliphatic heterocycles. The van der Waals surface area contributed by atoms with Crippen LogP contribution in [-0.4, -0.2) is 15.9 Å². The summed E-state index contributed by atoms with van der Waals surface area (Å²) in [7, 11) is 0. The molecule has 0 aliphatic rings. The summed E-state index contributed by atoms with van der Waals surface area (Å²) in [6, 6.07) is 6.44. The summed E-state index contributed by atoms with van der Waals surface area (Å²) in [5.74, 6) is 1.31. The van der Waals surface area contributed by atoms with Gasteiger partial charge < -0.3 is 9.73 Å². The second-order valence-electron chi connectivity index (χ2n) is 4.45. The van der Waals surface area contributed by atoms with Crippen LogP contribution >= 0.6 is 11.6 Å². The van der Waals surface area contributed by atoms with E-state index in [4.69, 9.17) is 16.0 Å². The van der Waals surface area contributed by atoms with Crippen molar-refractivity contribution in [2.45, 2.75) is 25.8 Å². The average molecular weight is 296 g/mol. The third-order valence-corrected chi connectivity index (χ3v) is 2.98. The number of nitro groups is 1. The van der Waals surface area contributed by atoms with Crippen LogP contribution in [-0.2, 0) is 6.42 Å². The van der Waals surface area contributed by atoms with Gasteiger partial charge in [0.2, 0.25) is 0 Å². The van der Waals surface area contributed by atoms with Gasteiger partial charge in [-0.2, -0.15) is 0 Å². The Bertz CT molecular complexity index is 587. The molecule has 2 aromatic rings. The topological polar surface area (TPSA) is 81.2 Å². The Morgan fingerprint density at radius 1 is 1.55 bits per heavy atom. The Hall–Kier alpha value is -2.08. The number of aryl methyl sites for hydroxylation is 1. The van der Waals surface area contributed by atoms with Crippen LogP contribution in [0.2, 0.25) is 5.15 Å². The maximum atomic E-state index is 10.8. The first kappa shape index (κ1) is 14.3. The molecule has 0 aliphatic carbocycles. The van der Waals surface area contributed by atoms with Crippen molar-refractivity contribution >= 4 is 23.1 Å². The van der Waals surface area contributed by atoms with E-state index in [1.807, 2.05) is 19.1 Å². The fraction of sp³-hybridized carbons (Fsp3) is 0.308. The van der Waals surface area contributed by atoms with Gasteiger partial charge in [0.1, 0.15) is 16.7 Å². The summed E-state index contributed by atoms with van der Waals surface area (Å²) in [6.45, 7) is 1.97. The minimum absolute atomic E-state index is 0.0780. The van der Waals surface area contributed by atoms with Crippen molar-refractivity contribution < 1.29 is 9.34 Å². The number of nitrogens with one attached hydrogen (secondary N) is 1. The average Bonchev–Trinajstić information content (AvgIpc) is 2.88. The van der Waals surface area contributed by atoms with Crippen LogP contribution in [0.3, 0.4) is 0 Å². The molecule has 106 valence electrons. The molecule has 7 heteroatoms. The minimum Gasteiger partial charge on any atom is -0.469 e. The van der Waals surface area contributed by atoms with Gasteiger partial charge in [-0.1, -0.05) is 11.6 Å². The predicted molar refractivity (Wildman–Crippen MR) is 76.0 cm³/mol. The minimum atomic E-state index is -0.494. The molecule has 6 nitrogen and oxygen atoms in total. The molecule has 1 unspecified atom stereocenters. The molecule has 0 aromatic carbocycles. The first-order valence-electron chi connectivity index (χ1n) is 6.15. The van der Waals surface area contributed by atoms with Crippen LogP contribution < -0.4 is 5.32 Å². The number of hydrogen-bond acceptors (Lipinski definition) is 5. The van der Waals surface area contributed by atoms with Crippen molar-refractivity contribution in [3.8, 4) is 0 Å². The van der Waals surface area contributed by atoms with Crippen LogP contribution in [0.15, 0.2) is 34.9 Å². The molecule has 20 heavy (non-hydrogen) atoms. The van der Waals surface area contributed by atoms with Crippen molar-refractivity contribution in [1.29, 1.82) is 0 Å². The number of hydrogen-bond donors (Lipinski definition) is 1. The highest BCUT2D eigenvalue weighted by Crippen LogP contribution is 2.21. The van der Waals surface area contributed by atoms with Crippen LogP contribution in [0.5, 0.6) is 0 Å². The maximum Gasteiger partial charge on any atom is 0.276 e. The lowest BCUT2D eigenvalue weighted by atomic mass is 10.1. The molecule has 1 N–H and O–H groups in total. The van der Waals surface area contributed by atoms with Crippen molar-refractivity contribution in [3.63, 3.8) is 0 Å². The third-order valence-electron chi connectivity index (χ3n) is 2.79. The summed E-state index contributed by atoms with van der Waals surface area (Å²) in [5.41, 5.74) is -0.0780. The lowest BCUT2D eigenvalue weighted by molar-refractivity contribution is -0.384. The zero-order valence-electron chi connectivity index (χ0n) is 10.9. The van der Waals surface area contributed by atoms with Gasteiger partial charge in [0.25, 0.3) is 5.69 Å². The molecule has 0 fully saturated rings. The van der Waals surface area contributed by atoms with E-state index >= 15 is 0 Å². The lowest BCUT2D eigenvalue weighted by Crippen LogP contribution is -2.17. The highest BCUT2D eigenvalue weighted by Gasteiger charge is 2.12. The summed E-state index contributed by atoms with van der Waals surface area (Å²) >= 11 is 5.77. The monoisotopic (exact) mass is 295 g/mol. The molecular formula is C13H14ClN3O3. The predicted octanol–water partition coefficient (Wildman–Crippen LogP) is 3.67. The van der Waals surface area contributed by atoms with Crippen LogP contribution in [0, 0.1) is 10.1 Å². The molecule has 0 saturated heterocycles. The Labute approximate surface area is 120 Å². The van der Waals surface area contributed by atoms with E-state index in [1.165, 1.54) is 12.1 Å². The Kier molecular flexibility index (Phi) is 4.57. The Morgan fingerprint density at radius 2 is 2.35 bits per heavy atom. The summed E-state index contributed by atoms with van der Waals surface area (Å²) in [5, 5.41) is 13.9. The van der Waals surface area contributed by atoms with Gasteiger partial charge in [-0.3, -0.25) is 10.1 Å². The van der Waals surface area contributed by atoms with E-state index in [2.05, 4.69) is 10.3 Å². The fourth-order valence-electron chi connectivity index (χ4n) is 1.80. The molecule has 2 rings (SSSR count). The summed E-state index contributed by atoms with van der Waals surface area (Å²) in [4.78, 5) is 14.3. The number of halogens is 1. The highest BCUT2D eigenvalue weighted by molar-refractivity contribution is 6.29. The van der Waals surface area contributed by atoms with Crippen molar-refractivity contribution in [3.05, 3.63) is 51.6 Å². The molecule has 2 heterocycles. The lowest BCUT2D eigenvalue weighted by Gasteiger charge is -2.13. The first-order chi connectivity index (χ1) is 9.54. The molecule has 0 amide bonds. The van der Waals surface area contributed by atoms with E-state index in [-0.39, 0.29) is 16.9 Å². The zero-order chi connectivity index (χ0) is 14.5. The molecule has 0 radical (unpaired) electrons. The molecule has 2 aromatic heterocycles. The highest BCUT2D eigenvalue weighted by atomic mass is 35.5. The fourth-order valence-corrected chi connectivity index (χ4v) is 2.00. The van der Waals surface area contributed by atoms with Gasteiger partial charge in [0.05, 0.1) is 23.3 Å². The van der Waals surface area contributed by atoms with E-state index in [1.54, 1.807) is 6.26 Å². The molecule has 0 saturated carbocycles. The quantitative estimate of drug-likeness (QED) is 0.499. The third kappa shape index (κ3) is 3.96. The van der Waals surface area contributed by atoms with Gasteiger partial charge in [0, 0.05) is 12.5 Å². The maximum absolute atomic E-state index is 10.8. The van der Waals surface area contributed by atoms with Crippen LogP contribution in [0.25, 0.3) is 0 Å². The molecule has 1 atom stereocenters. The zero-order valence-corrected chi connectivity index (χ0v) is 11.6. The van der Waals surface area contributed by atoms with E-state index in [0.717, 1.165) is 18.6 Å². The number of nitrogens with zero attached hydrogens (tertiary/aromatic N) is 2. The largest absolute Gasteiger partial charge is 0.469 e. The van der Waals surface area contributed by atoms with Crippen molar-refractivity contribution in [2.24, 2.45) is 0 Å². The van der Waals surface area contributed by atoms with E-state index in [0.29, 0.717) is 5.82 Å². The number of rotatable bonds is 6. The second-order valence-corrected chi connectivity index (χ2v) is 4.84. The van der Waals surface area contributed by atoms with Gasteiger partial charge in [0.15, 0.2) is 0 Å². The van der Waals surface area contributed by atoms with Gasteiger partial charge in [-0.25, -0.2) is 4.98 Å². The van der Waals surface area contributed by atoms with Crippen molar-refractivity contribution in [2.75, 3.05) is 5.32 Å². The Balaban J connectivity index is 1.96. The summed E-state index contributed by atoms with van der Waals surface area (Å²) < 4.78 is 5.25. The first-order valence-corrected chi connectivity index (χ1v) is 6.53. The van der Waals surface area contributed by atoms with Crippen LogP contribution in [0.4, 0.5) is 11.5 Å². The van der Waals surface area contributed by atoms with Crippen LogP contribution in [0.1, 0.15) is 19.1 Å².